The number of amidine groups is 1. The number of likely N-dealkylation sites (N-methyl/N-ethyl adjacent to an activating group) is 1. The van der Waals surface area contributed by atoms with Crippen molar-refractivity contribution in [2.45, 2.75) is 19.1 Å². The fourth-order valence-electron chi connectivity index (χ4n) is 2.74. The Balaban J connectivity index is 1.85. The van der Waals surface area contributed by atoms with Crippen molar-refractivity contribution in [3.63, 3.8) is 0 Å². The number of hydrogen-bond acceptors (Lipinski definition) is 5. The SMILES string of the molecule is C[C@H](C(=O)NCC(F)(F)F)N(C)C1=C(F)CNC(c2c[nH]c3ncc(Cl)cc23)=N1. The van der Waals surface area contributed by atoms with Gasteiger partial charge < -0.3 is 20.5 Å². The third-order valence-corrected chi connectivity index (χ3v) is 4.59. The van der Waals surface area contributed by atoms with Gasteiger partial charge in [-0.1, -0.05) is 11.6 Å². The monoisotopic (exact) mass is 432 g/mol. The van der Waals surface area contributed by atoms with Crippen LogP contribution in [0.3, 0.4) is 0 Å². The summed E-state index contributed by atoms with van der Waals surface area (Å²) >= 11 is 5.99. The molecule has 3 heterocycles. The van der Waals surface area contributed by atoms with Gasteiger partial charge in [0.25, 0.3) is 0 Å². The minimum Gasteiger partial charge on any atom is -0.363 e. The average molecular weight is 433 g/mol. The lowest BCUT2D eigenvalue weighted by molar-refractivity contribution is -0.140. The van der Waals surface area contributed by atoms with E-state index in [4.69, 9.17) is 11.6 Å². The molecule has 1 aliphatic heterocycles. The quantitative estimate of drug-likeness (QED) is 0.634. The number of fused-ring (bicyclic) bond motifs is 1. The minimum absolute atomic E-state index is 0.155. The molecule has 0 aromatic carbocycles. The zero-order valence-electron chi connectivity index (χ0n) is 15.4. The molecule has 1 atom stereocenters. The number of H-pyrrole nitrogens is 1. The van der Waals surface area contributed by atoms with Crippen molar-refractivity contribution in [2.24, 2.45) is 4.99 Å². The maximum atomic E-state index is 14.4. The summed E-state index contributed by atoms with van der Waals surface area (Å²) in [4.78, 5) is 24.5. The second kappa shape index (κ2) is 7.90. The van der Waals surface area contributed by atoms with Crippen LogP contribution in [0.2, 0.25) is 5.02 Å². The lowest BCUT2D eigenvalue weighted by atomic mass is 10.2. The molecule has 12 heteroatoms. The van der Waals surface area contributed by atoms with Crippen LogP contribution < -0.4 is 10.6 Å². The number of amides is 1. The van der Waals surface area contributed by atoms with Crippen LogP contribution in [0.4, 0.5) is 17.6 Å². The van der Waals surface area contributed by atoms with Gasteiger partial charge in [0.15, 0.2) is 11.6 Å². The summed E-state index contributed by atoms with van der Waals surface area (Å²) in [6.07, 6.45) is -1.44. The van der Waals surface area contributed by atoms with E-state index in [1.54, 1.807) is 17.6 Å². The molecule has 3 rings (SSSR count). The Bertz CT molecular complexity index is 999. The fourth-order valence-corrected chi connectivity index (χ4v) is 2.90. The van der Waals surface area contributed by atoms with Gasteiger partial charge in [-0.2, -0.15) is 13.2 Å². The number of pyridine rings is 1. The predicted molar refractivity (Wildman–Crippen MR) is 100 cm³/mol. The molecule has 1 amide bonds. The number of hydrogen-bond donors (Lipinski definition) is 3. The molecule has 7 nitrogen and oxygen atoms in total. The van der Waals surface area contributed by atoms with Crippen LogP contribution in [-0.2, 0) is 4.79 Å². The molecule has 0 unspecified atom stereocenters. The highest BCUT2D eigenvalue weighted by Crippen LogP contribution is 2.24. The van der Waals surface area contributed by atoms with Crippen LogP contribution in [0.25, 0.3) is 11.0 Å². The zero-order chi connectivity index (χ0) is 21.3. The maximum absolute atomic E-state index is 14.4. The number of aromatic nitrogens is 2. The normalized spacial score (nSPS) is 15.8. The van der Waals surface area contributed by atoms with Crippen LogP contribution >= 0.6 is 11.6 Å². The average Bonchev–Trinajstić information content (AvgIpc) is 3.07. The van der Waals surface area contributed by atoms with Gasteiger partial charge in [0, 0.05) is 30.4 Å². The molecule has 2 aromatic rings. The van der Waals surface area contributed by atoms with E-state index >= 15 is 0 Å². The first kappa shape index (κ1) is 20.9. The minimum atomic E-state index is -4.54. The highest BCUT2D eigenvalue weighted by atomic mass is 35.5. The summed E-state index contributed by atoms with van der Waals surface area (Å²) in [5.41, 5.74) is 1.14. The van der Waals surface area contributed by atoms with Crippen LogP contribution in [0.5, 0.6) is 0 Å². The van der Waals surface area contributed by atoms with Crippen LogP contribution in [0.15, 0.2) is 35.1 Å². The summed E-state index contributed by atoms with van der Waals surface area (Å²) in [6, 6.07) is 0.589. The van der Waals surface area contributed by atoms with Gasteiger partial charge in [-0.3, -0.25) is 4.79 Å². The number of carbonyl (C=O) groups is 1. The zero-order valence-corrected chi connectivity index (χ0v) is 16.1. The number of nitrogens with zero attached hydrogens (tertiary/aromatic N) is 3. The Hall–Kier alpha value is -2.82. The van der Waals surface area contributed by atoms with Gasteiger partial charge in [-0.05, 0) is 13.0 Å². The first-order valence-electron chi connectivity index (χ1n) is 8.48. The van der Waals surface area contributed by atoms with E-state index in [0.29, 0.717) is 27.5 Å². The number of alkyl halides is 3. The molecule has 0 radical (unpaired) electrons. The van der Waals surface area contributed by atoms with Crippen LogP contribution in [-0.4, -0.2) is 59.0 Å². The van der Waals surface area contributed by atoms with Crippen molar-refractivity contribution in [1.82, 2.24) is 25.5 Å². The summed E-state index contributed by atoms with van der Waals surface area (Å²) in [5, 5.41) is 5.68. The maximum Gasteiger partial charge on any atom is 0.405 e. The van der Waals surface area contributed by atoms with E-state index in [-0.39, 0.29) is 12.4 Å². The molecule has 29 heavy (non-hydrogen) atoms. The Morgan fingerprint density at radius 2 is 2.17 bits per heavy atom. The summed E-state index contributed by atoms with van der Waals surface area (Å²) in [6.45, 7) is -0.306. The highest BCUT2D eigenvalue weighted by Gasteiger charge is 2.31. The lowest BCUT2D eigenvalue weighted by Gasteiger charge is -2.29. The highest BCUT2D eigenvalue weighted by molar-refractivity contribution is 6.31. The summed E-state index contributed by atoms with van der Waals surface area (Å²) in [7, 11) is 1.38. The van der Waals surface area contributed by atoms with Crippen molar-refractivity contribution in [3.8, 4) is 0 Å². The molecule has 0 spiro atoms. The fraction of sp³-hybridized carbons (Fsp3) is 0.353. The molecule has 3 N–H and O–H groups in total. The molecular formula is C17H17ClF4N6O. The molecule has 0 bridgehead atoms. The predicted octanol–water partition coefficient (Wildman–Crippen LogP) is 2.70. The largest absolute Gasteiger partial charge is 0.405 e. The molecule has 2 aromatic heterocycles. The van der Waals surface area contributed by atoms with Crippen molar-refractivity contribution >= 4 is 34.4 Å². The Kier molecular flexibility index (Phi) is 5.69. The standard InChI is InChI=1S/C17H17ClF4N6O/c1-8(16(29)26-7-17(20,21)22)28(2)15-12(19)6-25-14(27-15)11-5-24-13-10(11)3-9(18)4-23-13/h3-5,8H,6-7H2,1-2H3,(H,23,24)(H,25,27)(H,26,29)/t8-/m1/s1. The van der Waals surface area contributed by atoms with Crippen molar-refractivity contribution in [1.29, 1.82) is 0 Å². The molecule has 1 aliphatic rings. The van der Waals surface area contributed by atoms with Gasteiger partial charge in [0.2, 0.25) is 5.91 Å². The van der Waals surface area contributed by atoms with Crippen molar-refractivity contribution < 1.29 is 22.4 Å². The number of aliphatic imine (C=N–C) groups is 1. The van der Waals surface area contributed by atoms with Gasteiger partial charge in [-0.25, -0.2) is 14.4 Å². The number of rotatable bonds is 5. The Morgan fingerprint density at radius 3 is 2.86 bits per heavy atom. The van der Waals surface area contributed by atoms with Gasteiger partial charge in [0.1, 0.15) is 24.1 Å². The third kappa shape index (κ3) is 4.61. The number of nitrogens with one attached hydrogen (secondary N) is 3. The topological polar surface area (TPSA) is 85.4 Å². The van der Waals surface area contributed by atoms with E-state index in [1.165, 1.54) is 25.1 Å². The van der Waals surface area contributed by atoms with Crippen LogP contribution in [0, 0.1) is 0 Å². The van der Waals surface area contributed by atoms with E-state index in [1.807, 2.05) is 0 Å². The van der Waals surface area contributed by atoms with Crippen molar-refractivity contribution in [3.05, 3.63) is 40.7 Å². The first-order chi connectivity index (χ1) is 13.6. The number of halogens is 5. The molecular weight excluding hydrogens is 416 g/mol. The summed E-state index contributed by atoms with van der Waals surface area (Å²) < 4.78 is 51.4. The van der Waals surface area contributed by atoms with Gasteiger partial charge in [-0.15, -0.1) is 0 Å². The second-order valence-corrected chi connectivity index (χ2v) is 6.85. The number of carbonyl (C=O) groups excluding carboxylic acids is 1. The van der Waals surface area contributed by atoms with Gasteiger partial charge >= 0.3 is 6.18 Å². The molecule has 156 valence electrons. The van der Waals surface area contributed by atoms with E-state index in [2.05, 4.69) is 20.3 Å². The third-order valence-electron chi connectivity index (χ3n) is 4.38. The molecule has 0 saturated heterocycles. The van der Waals surface area contributed by atoms with Crippen molar-refractivity contribution in [2.75, 3.05) is 20.1 Å². The van der Waals surface area contributed by atoms with E-state index in [0.717, 1.165) is 0 Å². The Morgan fingerprint density at radius 1 is 1.45 bits per heavy atom. The van der Waals surface area contributed by atoms with E-state index < -0.39 is 30.5 Å². The second-order valence-electron chi connectivity index (χ2n) is 6.41. The Labute approximate surface area is 167 Å². The van der Waals surface area contributed by atoms with E-state index in [9.17, 15) is 22.4 Å². The van der Waals surface area contributed by atoms with Gasteiger partial charge in [0.05, 0.1) is 11.6 Å². The molecule has 0 fully saturated rings. The lowest BCUT2D eigenvalue weighted by Crippen LogP contribution is -2.46. The number of aromatic amines is 1. The first-order valence-corrected chi connectivity index (χ1v) is 8.86. The summed E-state index contributed by atoms with van der Waals surface area (Å²) in [5.74, 6) is -1.39. The smallest absolute Gasteiger partial charge is 0.363 e. The molecule has 0 saturated carbocycles. The van der Waals surface area contributed by atoms with Crippen LogP contribution in [0.1, 0.15) is 12.5 Å². The molecule has 0 aliphatic carbocycles.